The van der Waals surface area contributed by atoms with Gasteiger partial charge in [-0.2, -0.15) is 4.98 Å². The molecule has 0 radical (unpaired) electrons. The van der Waals surface area contributed by atoms with Gasteiger partial charge in [0.1, 0.15) is 5.75 Å². The number of hydrogen-bond acceptors (Lipinski definition) is 8. The van der Waals surface area contributed by atoms with E-state index >= 15 is 0 Å². The summed E-state index contributed by atoms with van der Waals surface area (Å²) in [5.41, 5.74) is 1.67. The molecule has 35 heavy (non-hydrogen) atoms. The molecule has 8 heteroatoms. The second kappa shape index (κ2) is 13.3. The van der Waals surface area contributed by atoms with E-state index in [2.05, 4.69) is 9.97 Å². The molecule has 0 aliphatic rings. The fraction of sp³-hybridized carbons (Fsp3) is 0.407. The Hall–Kier alpha value is -3.68. The van der Waals surface area contributed by atoms with Crippen molar-refractivity contribution in [3.05, 3.63) is 48.2 Å². The van der Waals surface area contributed by atoms with Crippen LogP contribution in [0.15, 0.2) is 42.5 Å². The molecule has 3 rings (SSSR count). The van der Waals surface area contributed by atoms with Crippen LogP contribution in [0, 0.1) is 6.92 Å². The van der Waals surface area contributed by atoms with E-state index in [0.717, 1.165) is 27.8 Å². The lowest BCUT2D eigenvalue weighted by Gasteiger charge is -2.10. The second-order valence-electron chi connectivity index (χ2n) is 7.91. The normalized spacial score (nSPS) is 10.7. The van der Waals surface area contributed by atoms with Gasteiger partial charge in [-0.1, -0.05) is 18.2 Å². The van der Waals surface area contributed by atoms with Gasteiger partial charge < -0.3 is 18.9 Å². The van der Waals surface area contributed by atoms with Crippen LogP contribution in [0.5, 0.6) is 11.6 Å². The summed E-state index contributed by atoms with van der Waals surface area (Å²) >= 11 is 0. The second-order valence-corrected chi connectivity index (χ2v) is 7.91. The molecule has 0 atom stereocenters. The highest BCUT2D eigenvalue weighted by Gasteiger charge is 2.09. The van der Waals surface area contributed by atoms with Gasteiger partial charge in [-0.05, 0) is 62.6 Å². The van der Waals surface area contributed by atoms with Crippen LogP contribution in [0.3, 0.4) is 0 Å². The van der Waals surface area contributed by atoms with Crippen LogP contribution in [-0.2, 0) is 19.1 Å². The molecule has 0 N–H and O–H groups in total. The van der Waals surface area contributed by atoms with Gasteiger partial charge in [0.25, 0.3) is 0 Å². The Balaban J connectivity index is 1.61. The first-order valence-electron chi connectivity index (χ1n) is 11.9. The first kappa shape index (κ1) is 25.9. The Morgan fingerprint density at radius 1 is 0.771 bits per heavy atom. The molecule has 1 aromatic heterocycles. The van der Waals surface area contributed by atoms with Crippen LogP contribution in [0.4, 0.5) is 0 Å². The number of rotatable bonds is 13. The third-order valence-corrected chi connectivity index (χ3v) is 5.08. The van der Waals surface area contributed by atoms with Crippen molar-refractivity contribution in [2.24, 2.45) is 0 Å². The third-order valence-electron chi connectivity index (χ3n) is 5.08. The summed E-state index contributed by atoms with van der Waals surface area (Å²) in [6.07, 6.45) is 1.82. The van der Waals surface area contributed by atoms with Crippen molar-refractivity contribution in [1.82, 2.24) is 9.97 Å². The van der Waals surface area contributed by atoms with Crippen molar-refractivity contribution in [2.45, 2.75) is 46.5 Å². The Labute approximate surface area is 205 Å². The van der Waals surface area contributed by atoms with E-state index in [1.807, 2.05) is 43.3 Å². The molecule has 2 aromatic carbocycles. The molecule has 0 fully saturated rings. The Bertz CT molecular complexity index is 1150. The van der Waals surface area contributed by atoms with Gasteiger partial charge >= 0.3 is 11.9 Å². The molecular weight excluding hydrogens is 448 g/mol. The summed E-state index contributed by atoms with van der Waals surface area (Å²) in [5.74, 6) is 1.37. The monoisotopic (exact) mass is 480 g/mol. The van der Waals surface area contributed by atoms with Gasteiger partial charge in [0.2, 0.25) is 5.88 Å². The van der Waals surface area contributed by atoms with E-state index in [9.17, 15) is 9.59 Å². The lowest BCUT2D eigenvalue weighted by molar-refractivity contribution is -0.144. The number of carbonyl (C=O) groups excluding carboxylic acids is 2. The predicted octanol–water partition coefficient (Wildman–Crippen LogP) is 5.05. The number of fused-ring (bicyclic) bond motifs is 1. The lowest BCUT2D eigenvalue weighted by Crippen LogP contribution is -2.07. The average Bonchev–Trinajstić information content (AvgIpc) is 2.84. The topological polar surface area (TPSA) is 96.8 Å². The van der Waals surface area contributed by atoms with E-state index in [-0.39, 0.29) is 11.9 Å². The van der Waals surface area contributed by atoms with Crippen molar-refractivity contribution in [2.75, 3.05) is 26.4 Å². The maximum Gasteiger partial charge on any atom is 0.305 e. The molecule has 0 aliphatic heterocycles. The van der Waals surface area contributed by atoms with Crippen LogP contribution in [0.25, 0.3) is 22.2 Å². The minimum atomic E-state index is -0.225. The van der Waals surface area contributed by atoms with Crippen molar-refractivity contribution in [3.8, 4) is 23.0 Å². The van der Waals surface area contributed by atoms with Crippen LogP contribution >= 0.6 is 0 Å². The Kier molecular flexibility index (Phi) is 9.83. The molecule has 186 valence electrons. The van der Waals surface area contributed by atoms with Gasteiger partial charge in [-0.15, -0.1) is 0 Å². The highest BCUT2D eigenvalue weighted by atomic mass is 16.5. The predicted molar refractivity (Wildman–Crippen MR) is 132 cm³/mol. The lowest BCUT2D eigenvalue weighted by atomic mass is 10.1. The van der Waals surface area contributed by atoms with E-state index in [4.69, 9.17) is 18.9 Å². The highest BCUT2D eigenvalue weighted by Crippen LogP contribution is 2.27. The average molecular weight is 481 g/mol. The van der Waals surface area contributed by atoms with E-state index < -0.39 is 0 Å². The van der Waals surface area contributed by atoms with Gasteiger partial charge in [0.05, 0.1) is 26.4 Å². The zero-order valence-corrected chi connectivity index (χ0v) is 20.5. The molecule has 0 saturated heterocycles. The van der Waals surface area contributed by atoms with E-state index in [0.29, 0.717) is 63.8 Å². The fourth-order valence-electron chi connectivity index (χ4n) is 3.46. The number of ether oxygens (including phenoxy) is 4. The van der Waals surface area contributed by atoms with Gasteiger partial charge in [0, 0.05) is 30.2 Å². The summed E-state index contributed by atoms with van der Waals surface area (Å²) in [6.45, 7) is 7.07. The highest BCUT2D eigenvalue weighted by molar-refractivity contribution is 5.87. The van der Waals surface area contributed by atoms with Crippen molar-refractivity contribution in [1.29, 1.82) is 0 Å². The summed E-state index contributed by atoms with van der Waals surface area (Å²) < 4.78 is 21.4. The summed E-state index contributed by atoms with van der Waals surface area (Å²) in [5, 5.41) is 2.06. The van der Waals surface area contributed by atoms with E-state index in [1.54, 1.807) is 19.9 Å². The van der Waals surface area contributed by atoms with Crippen molar-refractivity contribution >= 4 is 22.7 Å². The molecule has 0 aliphatic carbocycles. The molecule has 1 heterocycles. The van der Waals surface area contributed by atoms with Crippen molar-refractivity contribution < 1.29 is 28.5 Å². The molecule has 0 spiro atoms. The molecule has 8 nitrogen and oxygen atoms in total. The largest absolute Gasteiger partial charge is 0.494 e. The number of nitrogens with zero attached hydrogens (tertiary/aromatic N) is 2. The summed E-state index contributed by atoms with van der Waals surface area (Å²) in [7, 11) is 0. The zero-order valence-electron chi connectivity index (χ0n) is 20.5. The maximum absolute atomic E-state index is 11.5. The standard InChI is InChI=1S/C27H32N2O6/c1-4-32-25(30)8-6-14-34-23-13-12-20-17-22(11-10-21(20)18-23)27-28-19(3)16-24(29-27)35-15-7-9-26(31)33-5-2/h10-13,16-18H,4-9,14-15H2,1-3H3. The minimum absolute atomic E-state index is 0.203. The Morgan fingerprint density at radius 2 is 1.40 bits per heavy atom. The molecule has 0 saturated carbocycles. The van der Waals surface area contributed by atoms with Gasteiger partial charge in [0.15, 0.2) is 5.82 Å². The van der Waals surface area contributed by atoms with Crippen LogP contribution in [0.2, 0.25) is 0 Å². The van der Waals surface area contributed by atoms with Crippen molar-refractivity contribution in [3.63, 3.8) is 0 Å². The first-order valence-corrected chi connectivity index (χ1v) is 11.9. The smallest absolute Gasteiger partial charge is 0.305 e. The summed E-state index contributed by atoms with van der Waals surface area (Å²) in [4.78, 5) is 32.0. The number of aromatic nitrogens is 2. The summed E-state index contributed by atoms with van der Waals surface area (Å²) in [6, 6.07) is 13.6. The first-order chi connectivity index (χ1) is 17.0. The molecular formula is C27H32N2O6. The minimum Gasteiger partial charge on any atom is -0.494 e. The number of aryl methyl sites for hydroxylation is 1. The van der Waals surface area contributed by atoms with Gasteiger partial charge in [-0.25, -0.2) is 4.98 Å². The molecule has 0 bridgehead atoms. The van der Waals surface area contributed by atoms with Gasteiger partial charge in [-0.3, -0.25) is 9.59 Å². The number of hydrogen-bond donors (Lipinski definition) is 0. The number of benzene rings is 2. The number of esters is 2. The molecule has 3 aromatic rings. The quantitative estimate of drug-likeness (QED) is 0.248. The SMILES string of the molecule is CCOC(=O)CCCOc1ccc2cc(-c3nc(C)cc(OCCCC(=O)OCC)n3)ccc2c1. The number of carbonyl (C=O) groups is 2. The van der Waals surface area contributed by atoms with Crippen LogP contribution < -0.4 is 9.47 Å². The Morgan fingerprint density at radius 3 is 2.09 bits per heavy atom. The van der Waals surface area contributed by atoms with Crippen LogP contribution in [-0.4, -0.2) is 48.3 Å². The fourth-order valence-corrected chi connectivity index (χ4v) is 3.46. The molecule has 0 amide bonds. The van der Waals surface area contributed by atoms with Crippen LogP contribution in [0.1, 0.15) is 45.2 Å². The molecule has 0 unspecified atom stereocenters. The van der Waals surface area contributed by atoms with E-state index in [1.165, 1.54) is 0 Å². The maximum atomic E-state index is 11.5. The third kappa shape index (κ3) is 8.24. The zero-order chi connectivity index (χ0) is 25.0.